The van der Waals surface area contributed by atoms with E-state index >= 15 is 0 Å². The fourth-order valence-electron chi connectivity index (χ4n) is 3.71. The van der Waals surface area contributed by atoms with Gasteiger partial charge in [0.1, 0.15) is 11.9 Å². The second-order valence-corrected chi connectivity index (χ2v) is 8.03. The molecule has 0 saturated carbocycles. The van der Waals surface area contributed by atoms with Crippen LogP contribution in [0, 0.1) is 6.92 Å². The fourth-order valence-corrected chi connectivity index (χ4v) is 4.02. The minimum absolute atomic E-state index is 0.231. The summed E-state index contributed by atoms with van der Waals surface area (Å²) in [7, 11) is 0. The molecule has 1 unspecified atom stereocenters. The van der Waals surface area contributed by atoms with Gasteiger partial charge in [0.25, 0.3) is 0 Å². The van der Waals surface area contributed by atoms with E-state index in [2.05, 4.69) is 46.8 Å². The average Bonchev–Trinajstić information content (AvgIpc) is 3.02. The normalized spacial score (nSPS) is 16.2. The van der Waals surface area contributed by atoms with E-state index in [1.54, 1.807) is 13.8 Å². The second kappa shape index (κ2) is 10.0. The quantitative estimate of drug-likeness (QED) is 0.590. The smallest absolute Gasteiger partial charge is 0.338 e. The summed E-state index contributed by atoms with van der Waals surface area (Å²) in [5.41, 5.74) is 3.62. The van der Waals surface area contributed by atoms with Gasteiger partial charge in [-0.15, -0.1) is 0 Å². The first-order valence-corrected chi connectivity index (χ1v) is 11.0. The SMILES string of the molecule is CCCCc1nc(Cl)c(C2NC(=O)NC(C)=C2C(=O)OCC)n1Cc1ccc(C)cc1. The molecule has 0 saturated heterocycles. The molecule has 2 amide bonds. The van der Waals surface area contributed by atoms with E-state index in [0.717, 1.165) is 30.7 Å². The number of ether oxygens (including phenoxy) is 1. The molecule has 1 atom stereocenters. The molecular formula is C23H29ClN4O3. The third-order valence-corrected chi connectivity index (χ3v) is 5.57. The third kappa shape index (κ3) is 5.10. The summed E-state index contributed by atoms with van der Waals surface area (Å²) in [5.74, 6) is 0.336. The molecule has 1 aromatic heterocycles. The van der Waals surface area contributed by atoms with Gasteiger partial charge in [-0.25, -0.2) is 14.6 Å². The predicted octanol–water partition coefficient (Wildman–Crippen LogP) is 4.43. The van der Waals surface area contributed by atoms with Gasteiger partial charge in [0.2, 0.25) is 0 Å². The number of halogens is 1. The van der Waals surface area contributed by atoms with Crippen LogP contribution in [-0.4, -0.2) is 28.2 Å². The van der Waals surface area contributed by atoms with Gasteiger partial charge in [-0.05, 0) is 32.8 Å². The van der Waals surface area contributed by atoms with Crippen molar-refractivity contribution in [3.8, 4) is 0 Å². The van der Waals surface area contributed by atoms with Crippen molar-refractivity contribution < 1.29 is 14.3 Å². The first-order chi connectivity index (χ1) is 14.8. The Morgan fingerprint density at radius 3 is 2.58 bits per heavy atom. The number of unbranched alkanes of at least 4 members (excludes halogenated alkanes) is 1. The maximum atomic E-state index is 12.8. The van der Waals surface area contributed by atoms with Gasteiger partial charge in [0.15, 0.2) is 5.15 Å². The number of aryl methyl sites for hydroxylation is 2. The summed E-state index contributed by atoms with van der Waals surface area (Å²) in [6, 6.07) is 7.08. The minimum Gasteiger partial charge on any atom is -0.463 e. The molecule has 0 bridgehead atoms. The highest BCUT2D eigenvalue weighted by atomic mass is 35.5. The summed E-state index contributed by atoms with van der Waals surface area (Å²) in [5, 5.41) is 5.78. The number of carbonyl (C=O) groups is 2. The average molecular weight is 445 g/mol. The van der Waals surface area contributed by atoms with Crippen LogP contribution in [-0.2, 0) is 22.5 Å². The van der Waals surface area contributed by atoms with Gasteiger partial charge in [-0.1, -0.05) is 54.8 Å². The monoisotopic (exact) mass is 444 g/mol. The Morgan fingerprint density at radius 2 is 1.94 bits per heavy atom. The highest BCUT2D eigenvalue weighted by Gasteiger charge is 2.36. The molecule has 0 spiro atoms. The topological polar surface area (TPSA) is 85.2 Å². The summed E-state index contributed by atoms with van der Waals surface area (Å²) in [6.07, 6.45) is 2.72. The van der Waals surface area contributed by atoms with Crippen LogP contribution >= 0.6 is 11.6 Å². The number of allylic oxidation sites excluding steroid dienone is 1. The van der Waals surface area contributed by atoms with Crippen molar-refractivity contribution >= 4 is 23.6 Å². The number of urea groups is 1. The number of rotatable bonds is 8. The van der Waals surface area contributed by atoms with Crippen LogP contribution in [0.15, 0.2) is 35.5 Å². The standard InChI is InChI=1S/C23H29ClN4O3/c1-5-7-8-17-26-21(24)20(28(17)13-16-11-9-14(3)10-12-16)19-18(22(29)31-6-2)15(4)25-23(30)27-19/h9-12,19H,5-8,13H2,1-4H3,(H2,25,27,30). The molecule has 2 N–H and O–H groups in total. The third-order valence-electron chi connectivity index (χ3n) is 5.29. The Balaban J connectivity index is 2.12. The van der Waals surface area contributed by atoms with Crippen molar-refractivity contribution in [3.05, 3.63) is 63.3 Å². The number of esters is 1. The molecule has 1 aromatic carbocycles. The van der Waals surface area contributed by atoms with Crippen LogP contribution in [0.5, 0.6) is 0 Å². The second-order valence-electron chi connectivity index (χ2n) is 7.67. The maximum absolute atomic E-state index is 12.8. The Hall–Kier alpha value is -2.80. The first kappa shape index (κ1) is 22.9. The van der Waals surface area contributed by atoms with E-state index in [1.165, 1.54) is 5.56 Å². The molecule has 3 rings (SSSR count). The lowest BCUT2D eigenvalue weighted by molar-refractivity contribution is -0.139. The van der Waals surface area contributed by atoms with Crippen LogP contribution in [0.2, 0.25) is 5.15 Å². The summed E-state index contributed by atoms with van der Waals surface area (Å²) < 4.78 is 7.28. The van der Waals surface area contributed by atoms with Crippen LogP contribution in [0.3, 0.4) is 0 Å². The molecule has 0 aliphatic carbocycles. The van der Waals surface area contributed by atoms with Gasteiger partial charge < -0.3 is 19.9 Å². The Bertz CT molecular complexity index is 995. The number of hydrogen-bond acceptors (Lipinski definition) is 4. The van der Waals surface area contributed by atoms with E-state index in [1.807, 2.05) is 11.5 Å². The van der Waals surface area contributed by atoms with E-state index in [-0.39, 0.29) is 11.8 Å². The van der Waals surface area contributed by atoms with Gasteiger partial charge in [0.05, 0.1) is 17.9 Å². The van der Waals surface area contributed by atoms with Crippen molar-refractivity contribution in [1.29, 1.82) is 0 Å². The number of aromatic nitrogens is 2. The number of nitrogens with one attached hydrogen (secondary N) is 2. The van der Waals surface area contributed by atoms with Crippen LogP contribution < -0.4 is 10.6 Å². The van der Waals surface area contributed by atoms with Crippen LogP contribution in [0.1, 0.15) is 62.3 Å². The summed E-state index contributed by atoms with van der Waals surface area (Å²) >= 11 is 6.62. The summed E-state index contributed by atoms with van der Waals surface area (Å²) in [6.45, 7) is 8.35. The lowest BCUT2D eigenvalue weighted by Crippen LogP contribution is -2.46. The lowest BCUT2D eigenvalue weighted by atomic mass is 10.00. The number of amides is 2. The molecule has 1 aliphatic heterocycles. The van der Waals surface area contributed by atoms with Gasteiger partial charge in [-0.2, -0.15) is 0 Å². The maximum Gasteiger partial charge on any atom is 0.338 e. The largest absolute Gasteiger partial charge is 0.463 e. The van der Waals surface area contributed by atoms with E-state index in [9.17, 15) is 9.59 Å². The number of imidazole rings is 1. The van der Waals surface area contributed by atoms with E-state index in [4.69, 9.17) is 16.3 Å². The number of nitrogens with zero attached hydrogens (tertiary/aromatic N) is 2. The zero-order valence-electron chi connectivity index (χ0n) is 18.4. The minimum atomic E-state index is -0.756. The molecule has 0 fully saturated rings. The van der Waals surface area contributed by atoms with Crippen molar-refractivity contribution in [2.24, 2.45) is 0 Å². The molecule has 166 valence electrons. The Labute approximate surface area is 187 Å². The molecule has 7 nitrogen and oxygen atoms in total. The van der Waals surface area contributed by atoms with Crippen molar-refractivity contribution in [3.63, 3.8) is 0 Å². The first-order valence-electron chi connectivity index (χ1n) is 10.6. The Morgan fingerprint density at radius 1 is 1.23 bits per heavy atom. The molecular weight excluding hydrogens is 416 g/mol. The lowest BCUT2D eigenvalue weighted by Gasteiger charge is -2.29. The predicted molar refractivity (Wildman–Crippen MR) is 120 cm³/mol. The molecule has 31 heavy (non-hydrogen) atoms. The fraction of sp³-hybridized carbons (Fsp3) is 0.435. The van der Waals surface area contributed by atoms with Crippen molar-refractivity contribution in [2.75, 3.05) is 6.61 Å². The molecule has 0 radical (unpaired) electrons. The number of hydrogen-bond donors (Lipinski definition) is 2. The number of benzene rings is 1. The van der Waals surface area contributed by atoms with Crippen LogP contribution in [0.4, 0.5) is 4.79 Å². The van der Waals surface area contributed by atoms with Gasteiger partial charge >= 0.3 is 12.0 Å². The van der Waals surface area contributed by atoms with Gasteiger partial charge in [-0.3, -0.25) is 0 Å². The van der Waals surface area contributed by atoms with Crippen LogP contribution in [0.25, 0.3) is 0 Å². The van der Waals surface area contributed by atoms with Crippen molar-refractivity contribution in [1.82, 2.24) is 20.2 Å². The number of carbonyl (C=O) groups excluding carboxylic acids is 2. The zero-order chi connectivity index (χ0) is 22.5. The Kier molecular flexibility index (Phi) is 7.38. The molecule has 8 heteroatoms. The zero-order valence-corrected chi connectivity index (χ0v) is 19.2. The molecule has 1 aliphatic rings. The summed E-state index contributed by atoms with van der Waals surface area (Å²) in [4.78, 5) is 29.7. The van der Waals surface area contributed by atoms with Crippen molar-refractivity contribution in [2.45, 2.75) is 59.5 Å². The van der Waals surface area contributed by atoms with E-state index in [0.29, 0.717) is 23.5 Å². The highest BCUT2D eigenvalue weighted by molar-refractivity contribution is 6.30. The van der Waals surface area contributed by atoms with Gasteiger partial charge in [0, 0.05) is 18.7 Å². The molecule has 2 aromatic rings. The highest BCUT2D eigenvalue weighted by Crippen LogP contribution is 2.34. The van der Waals surface area contributed by atoms with E-state index < -0.39 is 18.0 Å². The molecule has 2 heterocycles.